The average Bonchev–Trinajstić information content (AvgIpc) is 2.89. The minimum atomic E-state index is -1.62. The van der Waals surface area contributed by atoms with Gasteiger partial charge in [0.1, 0.15) is 11.8 Å². The molecule has 4 rings (SSSR count). The van der Waals surface area contributed by atoms with Gasteiger partial charge in [0.05, 0.1) is 0 Å². The van der Waals surface area contributed by atoms with Gasteiger partial charge in [-0.25, -0.2) is 4.39 Å². The van der Waals surface area contributed by atoms with Crippen molar-refractivity contribution in [2.75, 3.05) is 6.61 Å². The maximum absolute atomic E-state index is 15.3. The lowest BCUT2D eigenvalue weighted by atomic mass is 9.50. The van der Waals surface area contributed by atoms with E-state index in [0.29, 0.717) is 31.3 Å². The van der Waals surface area contributed by atoms with Crippen LogP contribution in [0.3, 0.4) is 0 Å². The molecule has 164 valence electrons. The molecule has 4 aliphatic rings. The number of alkyl halides is 1. The lowest BCUT2D eigenvalue weighted by Gasteiger charge is -2.55. The van der Waals surface area contributed by atoms with Gasteiger partial charge in [-0.05, 0) is 55.1 Å². The van der Waals surface area contributed by atoms with E-state index in [1.807, 2.05) is 20.8 Å². The molecule has 0 aromatic carbocycles. The first-order valence-electron chi connectivity index (χ1n) is 10.9. The summed E-state index contributed by atoms with van der Waals surface area (Å²) >= 11 is 0. The van der Waals surface area contributed by atoms with Crippen molar-refractivity contribution in [3.63, 3.8) is 0 Å². The normalized spacial score (nSPS) is 44.9. The van der Waals surface area contributed by atoms with E-state index in [0.717, 1.165) is 0 Å². The van der Waals surface area contributed by atoms with Crippen molar-refractivity contribution < 1.29 is 28.6 Å². The number of carbonyl (C=O) groups is 3. The summed E-state index contributed by atoms with van der Waals surface area (Å²) in [5, 5.41) is 11.7. The van der Waals surface area contributed by atoms with Crippen LogP contribution in [0.25, 0.3) is 0 Å². The summed E-state index contributed by atoms with van der Waals surface area (Å²) < 4.78 is 20.2. The average molecular weight is 419 g/mol. The van der Waals surface area contributed by atoms with Gasteiger partial charge in [-0.15, -0.1) is 0 Å². The molecule has 1 N–H and O–H groups in total. The zero-order valence-corrected chi connectivity index (χ0v) is 18.2. The van der Waals surface area contributed by atoms with E-state index in [1.54, 1.807) is 0 Å². The zero-order chi connectivity index (χ0) is 22.1. The number of allylic oxidation sites excluding steroid dienone is 4. The van der Waals surface area contributed by atoms with Gasteiger partial charge in [0.2, 0.25) is 5.78 Å². The number of ketones is 2. The lowest BCUT2D eigenvalue weighted by Crippen LogP contribution is -2.58. The highest BCUT2D eigenvalue weighted by molar-refractivity contribution is 5.92. The monoisotopic (exact) mass is 418 g/mol. The Kier molecular flexibility index (Phi) is 4.88. The summed E-state index contributed by atoms with van der Waals surface area (Å²) in [5.74, 6) is -1.49. The molecule has 2 saturated carbocycles. The van der Waals surface area contributed by atoms with Gasteiger partial charge in [0, 0.05) is 24.2 Å². The fraction of sp³-hybridized carbons (Fsp3) is 0.708. The Balaban J connectivity index is 1.73. The molecule has 0 bridgehead atoms. The van der Waals surface area contributed by atoms with Crippen LogP contribution in [0.4, 0.5) is 4.39 Å². The van der Waals surface area contributed by atoms with Crippen molar-refractivity contribution in [2.24, 2.45) is 28.6 Å². The molecule has 0 amide bonds. The molecule has 0 unspecified atom stereocenters. The van der Waals surface area contributed by atoms with Crippen LogP contribution in [-0.4, -0.2) is 41.0 Å². The number of Topliss-reactive ketones (excluding diaryl/α,β-unsaturated/α-hetero) is 1. The minimum absolute atomic E-state index is 0.00949. The third-order valence-corrected chi connectivity index (χ3v) is 8.73. The third kappa shape index (κ3) is 2.72. The Hall–Kier alpha value is -1.82. The van der Waals surface area contributed by atoms with E-state index in [2.05, 4.69) is 6.08 Å². The van der Waals surface area contributed by atoms with Crippen LogP contribution >= 0.6 is 0 Å². The fourth-order valence-electron chi connectivity index (χ4n) is 7.08. The number of fused-ring (bicyclic) bond motifs is 5. The first kappa shape index (κ1) is 21.4. The van der Waals surface area contributed by atoms with Crippen molar-refractivity contribution in [3.05, 3.63) is 23.3 Å². The maximum atomic E-state index is 15.3. The molecule has 5 nitrogen and oxygen atoms in total. The van der Waals surface area contributed by atoms with E-state index in [1.165, 1.54) is 18.6 Å². The second kappa shape index (κ2) is 6.84. The van der Waals surface area contributed by atoms with Crippen molar-refractivity contribution in [1.82, 2.24) is 0 Å². The Morgan fingerprint density at radius 1 is 1.27 bits per heavy atom. The number of esters is 1. The lowest BCUT2D eigenvalue weighted by molar-refractivity contribution is -0.167. The largest absolute Gasteiger partial charge is 0.458 e. The molecule has 0 aromatic rings. The van der Waals surface area contributed by atoms with Gasteiger partial charge in [0.25, 0.3) is 0 Å². The summed E-state index contributed by atoms with van der Waals surface area (Å²) in [7, 11) is 0. The highest BCUT2D eigenvalue weighted by Crippen LogP contribution is 2.67. The Labute approximate surface area is 176 Å². The Morgan fingerprint density at radius 2 is 1.97 bits per heavy atom. The van der Waals surface area contributed by atoms with Gasteiger partial charge >= 0.3 is 5.97 Å². The summed E-state index contributed by atoms with van der Waals surface area (Å²) in [4.78, 5) is 36.2. The van der Waals surface area contributed by atoms with Crippen molar-refractivity contribution in [3.8, 4) is 0 Å². The topological polar surface area (TPSA) is 80.7 Å². The van der Waals surface area contributed by atoms with Gasteiger partial charge in [0.15, 0.2) is 12.4 Å². The van der Waals surface area contributed by atoms with Crippen molar-refractivity contribution in [1.29, 1.82) is 0 Å². The van der Waals surface area contributed by atoms with Crippen LogP contribution in [0.5, 0.6) is 0 Å². The molecule has 0 radical (unpaired) electrons. The molecule has 0 spiro atoms. The molecule has 0 heterocycles. The third-order valence-electron chi connectivity index (χ3n) is 8.73. The van der Waals surface area contributed by atoms with E-state index in [9.17, 15) is 19.5 Å². The van der Waals surface area contributed by atoms with Crippen LogP contribution in [-0.2, 0) is 19.1 Å². The van der Waals surface area contributed by atoms with Crippen LogP contribution in [0.15, 0.2) is 23.3 Å². The molecule has 4 aliphatic carbocycles. The van der Waals surface area contributed by atoms with E-state index < -0.39 is 41.0 Å². The first-order chi connectivity index (χ1) is 13.9. The summed E-state index contributed by atoms with van der Waals surface area (Å²) in [6.45, 7) is 6.61. The molecule has 2 fully saturated rings. The number of ether oxygens (including phenoxy) is 1. The minimum Gasteiger partial charge on any atom is -0.458 e. The molecular formula is C24H31FO5. The number of carbonyl (C=O) groups excluding carboxylic acids is 3. The number of halogens is 1. The predicted octanol–water partition coefficient (Wildman–Crippen LogP) is 3.50. The highest BCUT2D eigenvalue weighted by atomic mass is 19.1. The molecule has 0 aliphatic heterocycles. The Morgan fingerprint density at radius 3 is 2.63 bits per heavy atom. The van der Waals surface area contributed by atoms with Crippen molar-refractivity contribution >= 4 is 17.5 Å². The maximum Gasteiger partial charge on any atom is 0.303 e. The molecular weight excluding hydrogens is 387 g/mol. The highest BCUT2D eigenvalue weighted by Gasteiger charge is 2.68. The molecule has 0 aromatic heterocycles. The number of hydrogen-bond donors (Lipinski definition) is 1. The molecule has 6 heteroatoms. The summed E-state index contributed by atoms with van der Waals surface area (Å²) in [6, 6.07) is 0. The summed E-state index contributed by atoms with van der Waals surface area (Å²) in [6.07, 6.45) is 4.83. The molecule has 0 saturated heterocycles. The van der Waals surface area contributed by atoms with Crippen LogP contribution in [0, 0.1) is 28.6 Å². The SMILES string of the molecule is CC(=O)OCC(=O)[C@@]1(O)[C@H](C)C[C@H]2[C@@H]3C[C@H](F)C4=CC(=O)CC[C@]4(C)C3=CC[C@@]21C. The van der Waals surface area contributed by atoms with E-state index in [4.69, 9.17) is 4.74 Å². The van der Waals surface area contributed by atoms with Crippen LogP contribution < -0.4 is 0 Å². The van der Waals surface area contributed by atoms with Gasteiger partial charge in [-0.2, -0.15) is 0 Å². The van der Waals surface area contributed by atoms with Gasteiger partial charge in [-0.3, -0.25) is 14.4 Å². The number of aliphatic hydroxyl groups is 1. The smallest absolute Gasteiger partial charge is 0.303 e. The van der Waals surface area contributed by atoms with Crippen LogP contribution in [0.1, 0.15) is 59.8 Å². The molecule has 7 atom stereocenters. The standard InChI is InChI=1S/C24H31FO5/c1-13-9-18-16-11-20(25)19-10-15(27)5-7-22(19,3)17(16)6-8-23(18,4)24(13,29)21(28)12-30-14(2)26/h6,10,13,16,18,20,29H,5,7-9,11-12H2,1-4H3/t13-,16-,18+,20+,22-,23+,24+/m1/s1. The van der Waals surface area contributed by atoms with Crippen LogP contribution in [0.2, 0.25) is 0 Å². The zero-order valence-electron chi connectivity index (χ0n) is 18.2. The first-order valence-corrected chi connectivity index (χ1v) is 10.9. The van der Waals surface area contributed by atoms with E-state index >= 15 is 4.39 Å². The van der Waals surface area contributed by atoms with E-state index in [-0.39, 0.29) is 30.0 Å². The van der Waals surface area contributed by atoms with Gasteiger partial charge < -0.3 is 9.84 Å². The summed E-state index contributed by atoms with van der Waals surface area (Å²) in [5.41, 5.74) is -1.08. The number of rotatable bonds is 3. The molecule has 30 heavy (non-hydrogen) atoms. The quantitative estimate of drug-likeness (QED) is 0.561. The fourth-order valence-corrected chi connectivity index (χ4v) is 7.08. The second-order valence-corrected chi connectivity index (χ2v) is 10.2. The number of hydrogen-bond acceptors (Lipinski definition) is 5. The Bertz CT molecular complexity index is 875. The second-order valence-electron chi connectivity index (χ2n) is 10.2. The predicted molar refractivity (Wildman–Crippen MR) is 108 cm³/mol. The van der Waals surface area contributed by atoms with Crippen molar-refractivity contribution in [2.45, 2.75) is 71.6 Å². The van der Waals surface area contributed by atoms with Gasteiger partial charge in [-0.1, -0.05) is 32.4 Å².